The SMILES string of the molecule is Cc1ncc(-c2ccncc2)c([C@H]2CCCN(CC(=O)NCc3ccco3)C2)n1. The first-order valence-corrected chi connectivity index (χ1v) is 9.94. The van der Waals surface area contributed by atoms with Crippen molar-refractivity contribution in [3.8, 4) is 11.1 Å². The fourth-order valence-electron chi connectivity index (χ4n) is 3.83. The topological polar surface area (TPSA) is 84.2 Å². The first kappa shape index (κ1) is 19.3. The van der Waals surface area contributed by atoms with Gasteiger partial charge in [0.25, 0.3) is 0 Å². The fourth-order valence-corrected chi connectivity index (χ4v) is 3.83. The Labute approximate surface area is 170 Å². The zero-order chi connectivity index (χ0) is 20.1. The van der Waals surface area contributed by atoms with E-state index in [9.17, 15) is 4.79 Å². The summed E-state index contributed by atoms with van der Waals surface area (Å²) in [7, 11) is 0. The van der Waals surface area contributed by atoms with Crippen LogP contribution in [0, 0.1) is 6.92 Å². The van der Waals surface area contributed by atoms with Gasteiger partial charge in [-0.05, 0) is 56.1 Å². The molecule has 7 heteroatoms. The van der Waals surface area contributed by atoms with Crippen LogP contribution in [-0.2, 0) is 11.3 Å². The first-order valence-electron chi connectivity index (χ1n) is 9.94. The molecule has 0 aliphatic carbocycles. The summed E-state index contributed by atoms with van der Waals surface area (Å²) in [6.07, 6.45) is 9.18. The first-order chi connectivity index (χ1) is 14.2. The highest BCUT2D eigenvalue weighted by molar-refractivity contribution is 5.78. The van der Waals surface area contributed by atoms with E-state index < -0.39 is 0 Å². The molecule has 7 nitrogen and oxygen atoms in total. The van der Waals surface area contributed by atoms with Crippen molar-refractivity contribution >= 4 is 5.91 Å². The molecule has 29 heavy (non-hydrogen) atoms. The normalized spacial score (nSPS) is 17.2. The number of nitrogens with zero attached hydrogens (tertiary/aromatic N) is 4. The van der Waals surface area contributed by atoms with Crippen LogP contribution in [0.15, 0.2) is 53.5 Å². The second kappa shape index (κ2) is 8.96. The van der Waals surface area contributed by atoms with Crippen molar-refractivity contribution in [2.75, 3.05) is 19.6 Å². The summed E-state index contributed by atoms with van der Waals surface area (Å²) in [5.74, 6) is 1.81. The van der Waals surface area contributed by atoms with Gasteiger partial charge >= 0.3 is 0 Å². The smallest absolute Gasteiger partial charge is 0.234 e. The second-order valence-electron chi connectivity index (χ2n) is 7.38. The van der Waals surface area contributed by atoms with E-state index in [2.05, 4.69) is 20.2 Å². The van der Waals surface area contributed by atoms with Gasteiger partial charge in [-0.15, -0.1) is 0 Å². The predicted molar refractivity (Wildman–Crippen MR) is 109 cm³/mol. The third kappa shape index (κ3) is 4.86. The number of nitrogens with one attached hydrogen (secondary N) is 1. The van der Waals surface area contributed by atoms with Crippen molar-refractivity contribution in [3.05, 3.63) is 66.4 Å². The number of carbonyl (C=O) groups is 1. The summed E-state index contributed by atoms with van der Waals surface area (Å²) < 4.78 is 5.27. The molecular formula is C22H25N5O2. The van der Waals surface area contributed by atoms with E-state index in [1.807, 2.05) is 37.4 Å². The lowest BCUT2D eigenvalue weighted by atomic mass is 9.90. The molecule has 1 fully saturated rings. The molecule has 150 valence electrons. The Kier molecular flexibility index (Phi) is 5.95. The maximum absolute atomic E-state index is 12.4. The third-order valence-corrected chi connectivity index (χ3v) is 5.23. The molecule has 1 amide bonds. The summed E-state index contributed by atoms with van der Waals surface area (Å²) in [6.45, 7) is 4.44. The van der Waals surface area contributed by atoms with Gasteiger partial charge in [0.2, 0.25) is 5.91 Å². The van der Waals surface area contributed by atoms with E-state index in [4.69, 9.17) is 9.40 Å². The standard InChI is InChI=1S/C22H25N5O2/c1-16-24-13-20(17-6-8-23-9-7-17)22(26-16)18-4-2-10-27(14-18)15-21(28)25-12-19-5-3-11-29-19/h3,5-9,11,13,18H,2,4,10,12,14-15H2,1H3,(H,25,28)/t18-/m0/s1. The largest absolute Gasteiger partial charge is 0.467 e. The molecular weight excluding hydrogens is 366 g/mol. The van der Waals surface area contributed by atoms with Crippen LogP contribution in [0.4, 0.5) is 0 Å². The summed E-state index contributed by atoms with van der Waals surface area (Å²) in [4.78, 5) is 27.9. The lowest BCUT2D eigenvalue weighted by Crippen LogP contribution is -2.42. The maximum atomic E-state index is 12.4. The van der Waals surface area contributed by atoms with E-state index in [0.29, 0.717) is 13.1 Å². The van der Waals surface area contributed by atoms with Crippen LogP contribution < -0.4 is 5.32 Å². The fraction of sp³-hybridized carbons (Fsp3) is 0.364. The van der Waals surface area contributed by atoms with Crippen molar-refractivity contribution in [2.45, 2.75) is 32.2 Å². The van der Waals surface area contributed by atoms with Gasteiger partial charge < -0.3 is 9.73 Å². The number of likely N-dealkylation sites (tertiary alicyclic amines) is 1. The zero-order valence-corrected chi connectivity index (χ0v) is 16.5. The Balaban J connectivity index is 1.44. The molecule has 0 spiro atoms. The Bertz CT molecular complexity index is 943. The Hall–Kier alpha value is -3.06. The van der Waals surface area contributed by atoms with Gasteiger partial charge in [-0.25, -0.2) is 9.97 Å². The van der Waals surface area contributed by atoms with E-state index in [1.54, 1.807) is 18.7 Å². The van der Waals surface area contributed by atoms with E-state index in [-0.39, 0.29) is 11.8 Å². The second-order valence-corrected chi connectivity index (χ2v) is 7.38. The highest BCUT2D eigenvalue weighted by atomic mass is 16.3. The minimum atomic E-state index is 0.00951. The minimum Gasteiger partial charge on any atom is -0.467 e. The van der Waals surface area contributed by atoms with Crippen LogP contribution in [0.2, 0.25) is 0 Å². The summed E-state index contributed by atoms with van der Waals surface area (Å²) in [5, 5.41) is 2.93. The molecule has 1 atom stereocenters. The van der Waals surface area contributed by atoms with Crippen LogP contribution >= 0.6 is 0 Å². The average molecular weight is 391 g/mol. The summed E-state index contributed by atoms with van der Waals surface area (Å²) >= 11 is 0. The lowest BCUT2D eigenvalue weighted by molar-refractivity contribution is -0.122. The molecule has 1 N–H and O–H groups in total. The van der Waals surface area contributed by atoms with Gasteiger partial charge in [0.15, 0.2) is 0 Å². The summed E-state index contributed by atoms with van der Waals surface area (Å²) in [6, 6.07) is 7.65. The molecule has 0 saturated carbocycles. The molecule has 0 unspecified atom stereocenters. The summed E-state index contributed by atoms with van der Waals surface area (Å²) in [5.41, 5.74) is 3.18. The molecule has 4 heterocycles. The van der Waals surface area contributed by atoms with Crippen molar-refractivity contribution in [1.29, 1.82) is 0 Å². The van der Waals surface area contributed by atoms with E-state index >= 15 is 0 Å². The molecule has 3 aromatic rings. The lowest BCUT2D eigenvalue weighted by Gasteiger charge is -2.32. The van der Waals surface area contributed by atoms with Crippen molar-refractivity contribution in [2.24, 2.45) is 0 Å². The number of pyridine rings is 1. The number of aromatic nitrogens is 3. The number of furan rings is 1. The molecule has 1 aliphatic heterocycles. The number of amides is 1. The van der Waals surface area contributed by atoms with Crippen LogP contribution in [0.25, 0.3) is 11.1 Å². The molecule has 3 aromatic heterocycles. The minimum absolute atomic E-state index is 0.00951. The molecule has 4 rings (SSSR count). The van der Waals surface area contributed by atoms with E-state index in [1.165, 1.54) is 0 Å². The van der Waals surface area contributed by atoms with Gasteiger partial charge in [0.1, 0.15) is 11.6 Å². The average Bonchev–Trinajstić information content (AvgIpc) is 3.27. The van der Waals surface area contributed by atoms with Gasteiger partial charge in [0, 0.05) is 36.6 Å². The number of rotatable bonds is 6. The quantitative estimate of drug-likeness (QED) is 0.696. The maximum Gasteiger partial charge on any atom is 0.234 e. The number of piperidine rings is 1. The third-order valence-electron chi connectivity index (χ3n) is 5.23. The van der Waals surface area contributed by atoms with E-state index in [0.717, 1.165) is 54.3 Å². The molecule has 1 aliphatic rings. The van der Waals surface area contributed by atoms with Gasteiger partial charge in [-0.1, -0.05) is 0 Å². The van der Waals surface area contributed by atoms with Crippen molar-refractivity contribution in [3.63, 3.8) is 0 Å². The van der Waals surface area contributed by atoms with Crippen LogP contribution in [0.1, 0.15) is 36.0 Å². The van der Waals surface area contributed by atoms with Crippen molar-refractivity contribution < 1.29 is 9.21 Å². The van der Waals surface area contributed by atoms with Crippen LogP contribution in [-0.4, -0.2) is 45.4 Å². The van der Waals surface area contributed by atoms with Crippen LogP contribution in [0.3, 0.4) is 0 Å². The molecule has 1 saturated heterocycles. The van der Waals surface area contributed by atoms with Gasteiger partial charge in [0.05, 0.1) is 25.0 Å². The van der Waals surface area contributed by atoms with Crippen molar-refractivity contribution in [1.82, 2.24) is 25.2 Å². The molecule has 0 bridgehead atoms. The van der Waals surface area contributed by atoms with Crippen LogP contribution in [0.5, 0.6) is 0 Å². The highest BCUT2D eigenvalue weighted by Gasteiger charge is 2.26. The predicted octanol–water partition coefficient (Wildman–Crippen LogP) is 2.94. The monoisotopic (exact) mass is 391 g/mol. The molecule has 0 aromatic carbocycles. The zero-order valence-electron chi connectivity index (χ0n) is 16.5. The Morgan fingerprint density at radius 3 is 2.97 bits per heavy atom. The number of aryl methyl sites for hydroxylation is 1. The highest BCUT2D eigenvalue weighted by Crippen LogP contribution is 2.32. The Morgan fingerprint density at radius 2 is 2.17 bits per heavy atom. The van der Waals surface area contributed by atoms with Gasteiger partial charge in [-0.2, -0.15) is 0 Å². The number of hydrogen-bond donors (Lipinski definition) is 1. The Morgan fingerprint density at radius 1 is 1.31 bits per heavy atom. The molecule has 0 radical (unpaired) electrons. The number of hydrogen-bond acceptors (Lipinski definition) is 6. The van der Waals surface area contributed by atoms with Gasteiger partial charge in [-0.3, -0.25) is 14.7 Å². The number of carbonyl (C=O) groups excluding carboxylic acids is 1.